The van der Waals surface area contributed by atoms with Crippen molar-refractivity contribution in [1.82, 2.24) is 25.0 Å². The molecular weight excluding hydrogens is 565 g/mol. The summed E-state index contributed by atoms with van der Waals surface area (Å²) in [6.07, 6.45) is 4.57. The number of nitrogens with one attached hydrogen (secondary N) is 1. The minimum Gasteiger partial charge on any atom is -0.490 e. The number of aromatic nitrogens is 1. The maximum Gasteiger partial charge on any atom is 0.318 e. The first-order chi connectivity index (χ1) is 19.7. The van der Waals surface area contributed by atoms with Gasteiger partial charge in [0.1, 0.15) is 18.4 Å². The third-order valence-electron chi connectivity index (χ3n) is 8.15. The average molecular weight is 607 g/mol. The second-order valence-electron chi connectivity index (χ2n) is 11.1. The van der Waals surface area contributed by atoms with Crippen LogP contribution in [0.25, 0.3) is 0 Å². The second-order valence-corrected chi connectivity index (χ2v) is 11.9. The molecule has 2 fully saturated rings. The van der Waals surface area contributed by atoms with Crippen LogP contribution >= 0.6 is 23.2 Å². The molecule has 3 heterocycles. The number of halogens is 2. The first-order valence-corrected chi connectivity index (χ1v) is 15.0. The Hall–Kier alpha value is -2.59. The number of piperidine rings is 1. The fraction of sp³-hybridized carbons (Fsp3) is 0.567. The van der Waals surface area contributed by atoms with Crippen molar-refractivity contribution in [3.63, 3.8) is 0 Å². The molecule has 0 unspecified atom stereocenters. The van der Waals surface area contributed by atoms with Crippen molar-refractivity contribution in [2.45, 2.75) is 56.7 Å². The lowest BCUT2D eigenvalue weighted by atomic mass is 9.91. The highest BCUT2D eigenvalue weighted by molar-refractivity contribution is 6.35. The molecule has 1 aromatic heterocycles. The third kappa shape index (κ3) is 8.03. The lowest BCUT2D eigenvalue weighted by Gasteiger charge is -2.37. The van der Waals surface area contributed by atoms with Gasteiger partial charge in [-0.3, -0.25) is 9.78 Å². The number of ether oxygens (including phenoxy) is 2. The molecule has 2 aromatic rings. The Labute approximate surface area is 253 Å². The van der Waals surface area contributed by atoms with Gasteiger partial charge in [0.2, 0.25) is 5.91 Å². The predicted octanol–water partition coefficient (Wildman–Crippen LogP) is 4.46. The van der Waals surface area contributed by atoms with E-state index in [-0.39, 0.29) is 30.3 Å². The van der Waals surface area contributed by atoms with Crippen molar-refractivity contribution >= 4 is 35.1 Å². The fourth-order valence-corrected chi connectivity index (χ4v) is 5.70. The number of likely N-dealkylation sites (tertiary alicyclic amines) is 1. The van der Waals surface area contributed by atoms with Crippen molar-refractivity contribution in [3.8, 4) is 5.75 Å². The smallest absolute Gasteiger partial charge is 0.318 e. The van der Waals surface area contributed by atoms with Crippen LogP contribution in [-0.2, 0) is 16.0 Å². The van der Waals surface area contributed by atoms with Crippen LogP contribution in [0.3, 0.4) is 0 Å². The van der Waals surface area contributed by atoms with Crippen LogP contribution < -0.4 is 10.1 Å². The summed E-state index contributed by atoms with van der Waals surface area (Å²) in [5.41, 5.74) is 1.69. The van der Waals surface area contributed by atoms with E-state index in [1.165, 1.54) is 0 Å². The first kappa shape index (κ1) is 31.3. The molecule has 0 saturated carbocycles. The molecule has 1 aromatic carbocycles. The fourth-order valence-electron chi connectivity index (χ4n) is 5.21. The van der Waals surface area contributed by atoms with E-state index in [1.54, 1.807) is 36.3 Å². The summed E-state index contributed by atoms with van der Waals surface area (Å²) in [5.74, 6) is 0.858. The molecule has 224 valence electrons. The number of benzene rings is 1. The van der Waals surface area contributed by atoms with Crippen LogP contribution in [0.2, 0.25) is 10.0 Å². The van der Waals surface area contributed by atoms with Crippen LogP contribution in [0.4, 0.5) is 4.79 Å². The number of hydrogen-bond donors (Lipinski definition) is 1. The van der Waals surface area contributed by atoms with Crippen molar-refractivity contribution in [1.29, 1.82) is 0 Å². The van der Waals surface area contributed by atoms with Crippen molar-refractivity contribution in [2.75, 3.05) is 54.1 Å². The largest absolute Gasteiger partial charge is 0.490 e. The average Bonchev–Trinajstić information content (AvgIpc) is 2.93. The Morgan fingerprint density at radius 3 is 2.51 bits per heavy atom. The van der Waals surface area contributed by atoms with Gasteiger partial charge in [-0.05, 0) is 63.2 Å². The van der Waals surface area contributed by atoms with E-state index in [0.29, 0.717) is 49.0 Å². The van der Waals surface area contributed by atoms with Gasteiger partial charge in [0.15, 0.2) is 0 Å². The Kier molecular flexibility index (Phi) is 11.1. The molecule has 3 amide bonds. The standard InChI is InChI=1S/C30H41Cl2N5O4/c1-5-23(35(2)3)19-41-27-7-6-12-33-28(27)20-10-13-37(14-11-20)29(38)26(15-21-8-9-22(31)16-25(21)32)34-30(39)36(4)24-17-40-18-24/h6-9,12,16,20,23-24,26H,5,10-11,13-15,17-19H2,1-4H3,(H,34,39)/t23-,26-/m1/s1. The monoisotopic (exact) mass is 605 g/mol. The summed E-state index contributed by atoms with van der Waals surface area (Å²) in [5, 5.41) is 3.94. The Balaban J connectivity index is 1.43. The van der Waals surface area contributed by atoms with Crippen molar-refractivity contribution < 1.29 is 19.1 Å². The van der Waals surface area contributed by atoms with Gasteiger partial charge in [-0.25, -0.2) is 4.79 Å². The highest BCUT2D eigenvalue weighted by Gasteiger charge is 2.34. The molecule has 11 heteroatoms. The number of pyridine rings is 1. The van der Waals surface area contributed by atoms with E-state index in [4.69, 9.17) is 32.7 Å². The van der Waals surface area contributed by atoms with Gasteiger partial charge in [0, 0.05) is 54.8 Å². The highest BCUT2D eigenvalue weighted by Crippen LogP contribution is 2.33. The zero-order valence-electron chi connectivity index (χ0n) is 24.3. The van der Waals surface area contributed by atoms with Crippen LogP contribution in [0, 0.1) is 0 Å². The highest BCUT2D eigenvalue weighted by atomic mass is 35.5. The van der Waals surface area contributed by atoms with Crippen molar-refractivity contribution in [3.05, 3.63) is 57.8 Å². The number of urea groups is 1. The lowest BCUT2D eigenvalue weighted by Crippen LogP contribution is -2.58. The van der Waals surface area contributed by atoms with E-state index in [1.807, 2.05) is 17.0 Å². The summed E-state index contributed by atoms with van der Waals surface area (Å²) in [7, 11) is 5.84. The molecule has 0 radical (unpaired) electrons. The van der Waals surface area contributed by atoms with Crippen LogP contribution in [0.1, 0.15) is 43.4 Å². The van der Waals surface area contributed by atoms with Gasteiger partial charge in [0.05, 0.1) is 24.9 Å². The lowest BCUT2D eigenvalue weighted by molar-refractivity contribution is -0.134. The molecule has 0 aliphatic carbocycles. The number of amides is 3. The molecule has 9 nitrogen and oxygen atoms in total. The van der Waals surface area contributed by atoms with E-state index in [0.717, 1.165) is 36.3 Å². The Morgan fingerprint density at radius 1 is 1.17 bits per heavy atom. The quantitative estimate of drug-likeness (QED) is 0.407. The summed E-state index contributed by atoms with van der Waals surface area (Å²) in [4.78, 5) is 37.2. The molecule has 2 saturated heterocycles. The molecule has 0 spiro atoms. The van der Waals surface area contributed by atoms with Gasteiger partial charge in [-0.15, -0.1) is 0 Å². The molecule has 1 N–H and O–H groups in total. The third-order valence-corrected chi connectivity index (χ3v) is 8.74. The topological polar surface area (TPSA) is 87.2 Å². The van der Waals surface area contributed by atoms with Crippen LogP contribution in [-0.4, -0.2) is 104 Å². The second kappa shape index (κ2) is 14.5. The minimum absolute atomic E-state index is 0.000681. The molecule has 4 rings (SSSR count). The molecule has 2 aliphatic rings. The van der Waals surface area contributed by atoms with Gasteiger partial charge < -0.3 is 29.5 Å². The number of rotatable bonds is 11. The SMILES string of the molecule is CC[C@H](COc1cccnc1C1CCN(C(=O)[C@@H](Cc2ccc(Cl)cc2Cl)NC(=O)N(C)C2COC2)CC1)N(C)C. The first-order valence-electron chi connectivity index (χ1n) is 14.3. The van der Waals surface area contributed by atoms with Crippen LogP contribution in [0.5, 0.6) is 5.75 Å². The van der Waals surface area contributed by atoms with Crippen LogP contribution in [0.15, 0.2) is 36.5 Å². The number of hydrogen-bond acceptors (Lipinski definition) is 6. The van der Waals surface area contributed by atoms with Crippen molar-refractivity contribution in [2.24, 2.45) is 0 Å². The summed E-state index contributed by atoms with van der Waals surface area (Å²) in [6, 6.07) is 8.31. The van der Waals surface area contributed by atoms with E-state index in [2.05, 4.69) is 36.2 Å². The molecule has 2 atom stereocenters. The number of carbonyl (C=O) groups is 2. The molecule has 41 heavy (non-hydrogen) atoms. The molecule has 2 aliphatic heterocycles. The van der Waals surface area contributed by atoms with Gasteiger partial charge in [-0.1, -0.05) is 36.2 Å². The normalized spacial score (nSPS) is 17.6. The molecular formula is C30H41Cl2N5O4. The van der Waals surface area contributed by atoms with Gasteiger partial charge in [-0.2, -0.15) is 0 Å². The maximum absolute atomic E-state index is 13.8. The summed E-state index contributed by atoms with van der Waals surface area (Å²) >= 11 is 12.5. The summed E-state index contributed by atoms with van der Waals surface area (Å²) < 4.78 is 11.5. The minimum atomic E-state index is -0.771. The maximum atomic E-state index is 13.8. The zero-order chi connectivity index (χ0) is 29.5. The predicted molar refractivity (Wildman–Crippen MR) is 161 cm³/mol. The number of likely N-dealkylation sites (N-methyl/N-ethyl adjacent to an activating group) is 2. The van der Waals surface area contributed by atoms with E-state index in [9.17, 15) is 9.59 Å². The van der Waals surface area contributed by atoms with E-state index >= 15 is 0 Å². The zero-order valence-corrected chi connectivity index (χ0v) is 25.8. The Morgan fingerprint density at radius 2 is 1.90 bits per heavy atom. The van der Waals surface area contributed by atoms with Gasteiger partial charge >= 0.3 is 6.03 Å². The Bertz CT molecular complexity index is 1190. The number of carbonyl (C=O) groups excluding carboxylic acids is 2. The summed E-state index contributed by atoms with van der Waals surface area (Å²) in [6.45, 7) is 4.85. The van der Waals surface area contributed by atoms with E-state index < -0.39 is 6.04 Å². The number of nitrogens with zero attached hydrogens (tertiary/aromatic N) is 4. The van der Waals surface area contributed by atoms with Gasteiger partial charge in [0.25, 0.3) is 0 Å². The molecule has 0 bridgehead atoms.